The number of hydrogen-bond donors (Lipinski definition) is 1. The topological polar surface area (TPSA) is 70.0 Å². The second-order valence-corrected chi connectivity index (χ2v) is 8.31. The van der Waals surface area contributed by atoms with E-state index in [9.17, 15) is 14.0 Å². The van der Waals surface area contributed by atoms with Crippen molar-refractivity contribution in [3.05, 3.63) is 69.3 Å². The molecule has 2 aromatic heterocycles. The summed E-state index contributed by atoms with van der Waals surface area (Å²) in [6.07, 6.45) is 1.73. The summed E-state index contributed by atoms with van der Waals surface area (Å²) in [7, 11) is 0. The Morgan fingerprint density at radius 1 is 1.27 bits per heavy atom. The number of carbonyl (C=O) groups excluding carboxylic acids is 1. The Balaban J connectivity index is 1.28. The van der Waals surface area contributed by atoms with Crippen molar-refractivity contribution >= 4 is 22.2 Å². The van der Waals surface area contributed by atoms with E-state index in [2.05, 4.69) is 20.1 Å². The van der Waals surface area contributed by atoms with Crippen LogP contribution in [-0.4, -0.2) is 57.3 Å². The zero-order valence-electron chi connectivity index (χ0n) is 16.8. The van der Waals surface area contributed by atoms with E-state index >= 15 is 0 Å². The molecule has 1 aliphatic rings. The quantitative estimate of drug-likeness (QED) is 0.646. The second kappa shape index (κ2) is 9.03. The third-order valence-electron chi connectivity index (χ3n) is 5.49. The summed E-state index contributed by atoms with van der Waals surface area (Å²) < 4.78 is 15.3. The molecule has 0 aliphatic carbocycles. The zero-order chi connectivity index (χ0) is 21.1. The molecule has 1 saturated heterocycles. The Morgan fingerprint density at radius 3 is 2.80 bits per heavy atom. The number of halogens is 1. The van der Waals surface area contributed by atoms with Crippen molar-refractivity contribution in [1.82, 2.24) is 24.5 Å². The lowest BCUT2D eigenvalue weighted by Crippen LogP contribution is -2.53. The van der Waals surface area contributed by atoms with Gasteiger partial charge >= 0.3 is 0 Å². The number of benzene rings is 1. The van der Waals surface area contributed by atoms with Gasteiger partial charge in [0.15, 0.2) is 4.96 Å². The summed E-state index contributed by atoms with van der Waals surface area (Å²) >= 11 is 1.45. The highest BCUT2D eigenvalue weighted by Crippen LogP contribution is 2.12. The summed E-state index contributed by atoms with van der Waals surface area (Å²) in [6, 6.07) is 7.76. The van der Waals surface area contributed by atoms with E-state index < -0.39 is 0 Å². The fraction of sp³-hybridized carbons (Fsp3) is 0.381. The summed E-state index contributed by atoms with van der Waals surface area (Å²) in [5, 5.41) is 4.68. The molecule has 1 unspecified atom stereocenters. The van der Waals surface area contributed by atoms with E-state index in [-0.39, 0.29) is 29.9 Å². The fourth-order valence-electron chi connectivity index (χ4n) is 3.64. The van der Waals surface area contributed by atoms with Gasteiger partial charge in [-0.1, -0.05) is 18.2 Å². The standard InChI is InChI=1S/C21H24FN5O2S/c1-15(20(29)23-13-16-4-2-3-5-18(16)22)26-8-6-25(7-9-26)14-17-12-19(28)27-10-11-30-21(27)24-17/h2-5,10-12,15H,6-9,13-14H2,1H3,(H,23,29). The molecule has 7 nitrogen and oxygen atoms in total. The number of thiazole rings is 1. The molecule has 1 amide bonds. The molecule has 3 heterocycles. The minimum absolute atomic E-state index is 0.0602. The number of amides is 1. The van der Waals surface area contributed by atoms with Crippen molar-refractivity contribution in [2.75, 3.05) is 26.2 Å². The van der Waals surface area contributed by atoms with Crippen molar-refractivity contribution in [3.8, 4) is 0 Å². The number of aromatic nitrogens is 2. The summed E-state index contributed by atoms with van der Waals surface area (Å²) in [4.78, 5) is 34.3. The Labute approximate surface area is 177 Å². The highest BCUT2D eigenvalue weighted by molar-refractivity contribution is 7.15. The molecule has 158 valence electrons. The zero-order valence-corrected chi connectivity index (χ0v) is 17.6. The maximum absolute atomic E-state index is 13.7. The minimum Gasteiger partial charge on any atom is -0.351 e. The van der Waals surface area contributed by atoms with Gasteiger partial charge in [0.2, 0.25) is 5.91 Å². The van der Waals surface area contributed by atoms with Crippen molar-refractivity contribution < 1.29 is 9.18 Å². The number of carbonyl (C=O) groups is 1. The molecule has 0 radical (unpaired) electrons. The predicted molar refractivity (Wildman–Crippen MR) is 114 cm³/mol. The first-order valence-electron chi connectivity index (χ1n) is 9.94. The van der Waals surface area contributed by atoms with Crippen LogP contribution in [0.1, 0.15) is 18.2 Å². The van der Waals surface area contributed by atoms with Gasteiger partial charge < -0.3 is 5.32 Å². The second-order valence-electron chi connectivity index (χ2n) is 7.44. The van der Waals surface area contributed by atoms with Crippen LogP contribution in [0.5, 0.6) is 0 Å². The SMILES string of the molecule is CC(C(=O)NCc1ccccc1F)N1CCN(Cc2cc(=O)n3ccsc3n2)CC1. The van der Waals surface area contributed by atoms with Gasteiger partial charge in [-0.05, 0) is 13.0 Å². The molecule has 30 heavy (non-hydrogen) atoms. The van der Waals surface area contributed by atoms with Crippen LogP contribution in [0.25, 0.3) is 4.96 Å². The highest BCUT2D eigenvalue weighted by atomic mass is 32.1. The number of rotatable bonds is 6. The monoisotopic (exact) mass is 429 g/mol. The summed E-state index contributed by atoms with van der Waals surface area (Å²) in [5.74, 6) is -0.419. The first-order chi connectivity index (χ1) is 14.5. The molecule has 1 fully saturated rings. The van der Waals surface area contributed by atoms with Crippen molar-refractivity contribution in [3.63, 3.8) is 0 Å². The Morgan fingerprint density at radius 2 is 2.03 bits per heavy atom. The van der Waals surface area contributed by atoms with Gasteiger partial charge in [-0.15, -0.1) is 11.3 Å². The van der Waals surface area contributed by atoms with Gasteiger partial charge in [0.25, 0.3) is 5.56 Å². The van der Waals surface area contributed by atoms with E-state index in [1.54, 1.807) is 34.9 Å². The number of fused-ring (bicyclic) bond motifs is 1. The number of nitrogens with one attached hydrogen (secondary N) is 1. The van der Waals surface area contributed by atoms with Gasteiger partial charge in [-0.25, -0.2) is 9.37 Å². The summed E-state index contributed by atoms with van der Waals surface area (Å²) in [5.41, 5.74) is 1.19. The Bertz CT molecular complexity index is 1090. The van der Waals surface area contributed by atoms with Gasteiger partial charge in [0.05, 0.1) is 11.7 Å². The van der Waals surface area contributed by atoms with Gasteiger partial charge in [-0.2, -0.15) is 0 Å². The van der Waals surface area contributed by atoms with E-state index in [1.807, 2.05) is 12.3 Å². The lowest BCUT2D eigenvalue weighted by atomic mass is 10.2. The first kappa shape index (κ1) is 20.6. The van der Waals surface area contributed by atoms with Crippen LogP contribution in [0.3, 0.4) is 0 Å². The van der Waals surface area contributed by atoms with Crippen LogP contribution in [-0.2, 0) is 17.9 Å². The van der Waals surface area contributed by atoms with Crippen molar-refractivity contribution in [1.29, 1.82) is 0 Å². The molecule has 1 N–H and O–H groups in total. The molecule has 0 spiro atoms. The smallest absolute Gasteiger partial charge is 0.258 e. The Kier molecular flexibility index (Phi) is 6.21. The molecule has 1 aromatic carbocycles. The maximum atomic E-state index is 13.7. The number of nitrogens with zero attached hydrogens (tertiary/aromatic N) is 4. The molecular formula is C21H24FN5O2S. The average Bonchev–Trinajstić information content (AvgIpc) is 3.22. The van der Waals surface area contributed by atoms with Crippen LogP contribution in [0.4, 0.5) is 4.39 Å². The first-order valence-corrected chi connectivity index (χ1v) is 10.8. The van der Waals surface area contributed by atoms with Crippen LogP contribution in [0.2, 0.25) is 0 Å². The lowest BCUT2D eigenvalue weighted by molar-refractivity contribution is -0.126. The molecule has 9 heteroatoms. The number of piperazine rings is 1. The van der Waals surface area contributed by atoms with Crippen LogP contribution >= 0.6 is 11.3 Å². The van der Waals surface area contributed by atoms with E-state index in [1.165, 1.54) is 17.4 Å². The van der Waals surface area contributed by atoms with Crippen molar-refractivity contribution in [2.45, 2.75) is 26.1 Å². The third kappa shape index (κ3) is 4.58. The normalized spacial score (nSPS) is 16.6. The minimum atomic E-state index is -0.312. The molecule has 1 atom stereocenters. The molecule has 0 bridgehead atoms. The highest BCUT2D eigenvalue weighted by Gasteiger charge is 2.25. The third-order valence-corrected chi connectivity index (χ3v) is 6.24. The Hall–Kier alpha value is -2.62. The molecule has 0 saturated carbocycles. The molecule has 3 aromatic rings. The van der Waals surface area contributed by atoms with Gasteiger partial charge in [0, 0.05) is 62.5 Å². The van der Waals surface area contributed by atoms with Crippen LogP contribution < -0.4 is 10.9 Å². The fourth-order valence-corrected chi connectivity index (χ4v) is 4.38. The number of hydrogen-bond acceptors (Lipinski definition) is 6. The largest absolute Gasteiger partial charge is 0.351 e. The predicted octanol–water partition coefficient (Wildman–Crippen LogP) is 1.72. The van der Waals surface area contributed by atoms with E-state index in [0.717, 1.165) is 31.9 Å². The molecule has 4 rings (SSSR count). The van der Waals surface area contributed by atoms with Gasteiger partial charge in [0.1, 0.15) is 5.82 Å². The van der Waals surface area contributed by atoms with E-state index in [4.69, 9.17) is 0 Å². The molecule has 1 aliphatic heterocycles. The van der Waals surface area contributed by atoms with Crippen molar-refractivity contribution in [2.24, 2.45) is 0 Å². The van der Waals surface area contributed by atoms with Crippen LogP contribution in [0, 0.1) is 5.82 Å². The van der Waals surface area contributed by atoms with Crippen LogP contribution in [0.15, 0.2) is 46.7 Å². The van der Waals surface area contributed by atoms with Gasteiger partial charge in [-0.3, -0.25) is 23.8 Å². The summed E-state index contributed by atoms with van der Waals surface area (Å²) in [6.45, 7) is 5.74. The lowest BCUT2D eigenvalue weighted by Gasteiger charge is -2.37. The van der Waals surface area contributed by atoms with E-state index in [0.29, 0.717) is 17.1 Å². The molecular weight excluding hydrogens is 405 g/mol. The average molecular weight is 430 g/mol. The maximum Gasteiger partial charge on any atom is 0.258 e.